The number of hydrogen-bond donors (Lipinski definition) is 0. The summed E-state index contributed by atoms with van der Waals surface area (Å²) in [5.41, 5.74) is 0.433. The van der Waals surface area contributed by atoms with Gasteiger partial charge >= 0.3 is 5.69 Å². The molecule has 0 saturated carbocycles. The fourth-order valence-electron chi connectivity index (χ4n) is 2.91. The van der Waals surface area contributed by atoms with Crippen LogP contribution < -0.4 is 16.8 Å². The highest BCUT2D eigenvalue weighted by molar-refractivity contribution is 7.15. The highest BCUT2D eigenvalue weighted by Gasteiger charge is 2.19. The van der Waals surface area contributed by atoms with Crippen molar-refractivity contribution in [2.45, 2.75) is 13.5 Å². The number of imidazole rings is 1. The predicted octanol–water partition coefficient (Wildman–Crippen LogP) is 0.513. The van der Waals surface area contributed by atoms with Crippen LogP contribution in [0.3, 0.4) is 0 Å². The van der Waals surface area contributed by atoms with E-state index >= 15 is 0 Å². The first kappa shape index (κ1) is 16.7. The molecule has 0 saturated heterocycles. The molecule has 0 amide bonds. The van der Waals surface area contributed by atoms with Gasteiger partial charge in [-0.1, -0.05) is 0 Å². The Hall–Kier alpha value is -2.72. The third-order valence-corrected chi connectivity index (χ3v) is 5.48. The molecule has 134 valence electrons. The van der Waals surface area contributed by atoms with E-state index in [4.69, 9.17) is 11.6 Å². The minimum atomic E-state index is -0.507. The summed E-state index contributed by atoms with van der Waals surface area (Å²) in [6, 6.07) is 1.40. The Morgan fingerprint density at radius 1 is 1.15 bits per heavy atom. The summed E-state index contributed by atoms with van der Waals surface area (Å²) in [5.74, 6) is 0. The lowest BCUT2D eigenvalue weighted by Crippen LogP contribution is -2.37. The number of aryl methyl sites for hydroxylation is 2. The van der Waals surface area contributed by atoms with Crippen LogP contribution in [0.1, 0.15) is 11.4 Å². The Morgan fingerprint density at radius 2 is 1.88 bits per heavy atom. The van der Waals surface area contributed by atoms with Crippen molar-refractivity contribution in [1.29, 1.82) is 0 Å². The summed E-state index contributed by atoms with van der Waals surface area (Å²) in [5, 5.41) is 1.89. The summed E-state index contributed by atoms with van der Waals surface area (Å²) >= 11 is 7.56. The van der Waals surface area contributed by atoms with Crippen LogP contribution in [0.4, 0.5) is 0 Å². The smallest absolute Gasteiger partial charge is 0.303 e. The molecule has 0 radical (unpaired) electrons. The van der Waals surface area contributed by atoms with E-state index in [0.29, 0.717) is 10.7 Å². The average molecular weight is 393 g/mol. The quantitative estimate of drug-likeness (QED) is 0.463. The van der Waals surface area contributed by atoms with Crippen LogP contribution in [0.15, 0.2) is 25.8 Å². The number of nitrogens with zero attached hydrogens (tertiary/aromatic N) is 6. The lowest BCUT2D eigenvalue weighted by Gasteiger charge is -2.07. The third kappa shape index (κ3) is 2.26. The zero-order valence-corrected chi connectivity index (χ0v) is 15.6. The summed E-state index contributed by atoms with van der Waals surface area (Å²) in [6.07, 6.45) is 0. The topological polar surface area (TPSA) is 96.2 Å². The molecule has 0 aromatic carbocycles. The lowest BCUT2D eigenvalue weighted by molar-refractivity contribution is 0.701. The molecule has 0 spiro atoms. The summed E-state index contributed by atoms with van der Waals surface area (Å²) in [6.45, 7) is 1.92. The van der Waals surface area contributed by atoms with Gasteiger partial charge in [-0.05, 0) is 18.5 Å². The minimum Gasteiger partial charge on any atom is -0.303 e. The largest absolute Gasteiger partial charge is 0.332 e. The van der Waals surface area contributed by atoms with Crippen LogP contribution >= 0.6 is 22.9 Å². The van der Waals surface area contributed by atoms with E-state index in [2.05, 4.69) is 9.97 Å². The average Bonchev–Trinajstić information content (AvgIpc) is 3.12. The van der Waals surface area contributed by atoms with E-state index in [1.807, 2.05) is 12.3 Å². The van der Waals surface area contributed by atoms with Crippen LogP contribution in [-0.4, -0.2) is 28.1 Å². The minimum absolute atomic E-state index is 0.0441. The molecule has 4 heterocycles. The number of fused-ring (bicyclic) bond motifs is 2. The zero-order chi connectivity index (χ0) is 18.7. The maximum atomic E-state index is 12.6. The first-order valence-corrected chi connectivity index (χ1v) is 8.84. The fraction of sp³-hybridized carbons (Fsp3) is 0.267. The lowest BCUT2D eigenvalue weighted by atomic mass is 10.4. The zero-order valence-electron chi connectivity index (χ0n) is 14.1. The van der Waals surface area contributed by atoms with E-state index in [-0.39, 0.29) is 28.6 Å². The van der Waals surface area contributed by atoms with Crippen molar-refractivity contribution in [3.8, 4) is 0 Å². The molecule has 4 aromatic heterocycles. The van der Waals surface area contributed by atoms with Crippen LogP contribution in [0, 0.1) is 6.92 Å². The SMILES string of the molecule is Cc1csc2nc(Cn3c(Cl)nc4c3c(=O)n(C)c(=O)n4C)cc(=O)n12. The Morgan fingerprint density at radius 3 is 2.62 bits per heavy atom. The van der Waals surface area contributed by atoms with Gasteiger partial charge in [0.2, 0.25) is 5.28 Å². The first-order valence-electron chi connectivity index (χ1n) is 7.58. The molecule has 26 heavy (non-hydrogen) atoms. The number of rotatable bonds is 2. The molecule has 0 aliphatic rings. The van der Waals surface area contributed by atoms with Crippen LogP contribution in [0.25, 0.3) is 16.1 Å². The summed E-state index contributed by atoms with van der Waals surface area (Å²) < 4.78 is 5.22. The Labute approximate surface area is 154 Å². The molecule has 9 nitrogen and oxygen atoms in total. The maximum absolute atomic E-state index is 12.6. The first-order chi connectivity index (χ1) is 12.3. The van der Waals surface area contributed by atoms with Crippen molar-refractivity contribution in [1.82, 2.24) is 28.1 Å². The maximum Gasteiger partial charge on any atom is 0.332 e. The number of halogens is 1. The predicted molar refractivity (Wildman–Crippen MR) is 98.4 cm³/mol. The molecule has 0 atom stereocenters. The van der Waals surface area contributed by atoms with Gasteiger partial charge in [-0.25, -0.2) is 9.78 Å². The van der Waals surface area contributed by atoms with Crippen LogP contribution in [0.5, 0.6) is 0 Å². The second kappa shape index (κ2) is 5.64. The highest BCUT2D eigenvalue weighted by atomic mass is 35.5. The molecular formula is C15H13ClN6O3S. The van der Waals surface area contributed by atoms with Gasteiger partial charge in [-0.15, -0.1) is 11.3 Å². The standard InChI is InChI=1S/C15H13ClN6O3S/c1-7-6-26-14-17-8(4-9(23)22(7)14)5-21-10-11(18-13(21)16)19(2)15(25)20(3)12(10)24/h4,6H,5H2,1-3H3. The molecule has 0 aliphatic heterocycles. The second-order valence-electron chi connectivity index (χ2n) is 5.93. The van der Waals surface area contributed by atoms with Gasteiger partial charge in [0, 0.05) is 31.2 Å². The Bertz CT molecular complexity index is 1370. The van der Waals surface area contributed by atoms with Crippen molar-refractivity contribution in [2.24, 2.45) is 14.1 Å². The van der Waals surface area contributed by atoms with Crippen molar-refractivity contribution < 1.29 is 0 Å². The van der Waals surface area contributed by atoms with Gasteiger partial charge < -0.3 is 4.57 Å². The summed E-state index contributed by atoms with van der Waals surface area (Å²) in [4.78, 5) is 46.1. The van der Waals surface area contributed by atoms with E-state index in [1.165, 1.54) is 45.0 Å². The Kier molecular flexibility index (Phi) is 3.63. The van der Waals surface area contributed by atoms with Crippen molar-refractivity contribution in [3.63, 3.8) is 0 Å². The third-order valence-electron chi connectivity index (χ3n) is 4.25. The van der Waals surface area contributed by atoms with Gasteiger partial charge in [0.05, 0.1) is 12.2 Å². The van der Waals surface area contributed by atoms with E-state index in [0.717, 1.165) is 10.3 Å². The van der Waals surface area contributed by atoms with E-state index < -0.39 is 11.2 Å². The van der Waals surface area contributed by atoms with Gasteiger partial charge in [0.15, 0.2) is 16.1 Å². The number of aromatic nitrogens is 6. The van der Waals surface area contributed by atoms with Crippen molar-refractivity contribution in [3.05, 3.63) is 59.3 Å². The van der Waals surface area contributed by atoms with Gasteiger partial charge in [0.25, 0.3) is 11.1 Å². The molecule has 4 aromatic rings. The van der Waals surface area contributed by atoms with Crippen molar-refractivity contribution in [2.75, 3.05) is 0 Å². The number of hydrogen-bond acceptors (Lipinski definition) is 6. The monoisotopic (exact) mass is 392 g/mol. The molecule has 0 unspecified atom stereocenters. The second-order valence-corrected chi connectivity index (χ2v) is 7.10. The molecule has 0 aliphatic carbocycles. The molecule has 11 heteroatoms. The fourth-order valence-corrected chi connectivity index (χ4v) is 4.02. The van der Waals surface area contributed by atoms with Gasteiger partial charge in [-0.3, -0.25) is 23.1 Å². The highest BCUT2D eigenvalue weighted by Crippen LogP contribution is 2.18. The van der Waals surface area contributed by atoms with Crippen molar-refractivity contribution >= 4 is 39.1 Å². The Balaban J connectivity index is 1.96. The molecule has 0 fully saturated rings. The van der Waals surface area contributed by atoms with E-state index in [1.54, 1.807) is 0 Å². The normalized spacial score (nSPS) is 11.7. The van der Waals surface area contributed by atoms with Gasteiger partial charge in [0.1, 0.15) is 0 Å². The summed E-state index contributed by atoms with van der Waals surface area (Å²) in [7, 11) is 2.91. The molecule has 0 bridgehead atoms. The van der Waals surface area contributed by atoms with Crippen LogP contribution in [0.2, 0.25) is 5.28 Å². The molecular weight excluding hydrogens is 380 g/mol. The molecule has 4 rings (SSSR count). The van der Waals surface area contributed by atoms with Crippen LogP contribution in [-0.2, 0) is 20.6 Å². The van der Waals surface area contributed by atoms with Gasteiger partial charge in [-0.2, -0.15) is 4.98 Å². The van der Waals surface area contributed by atoms with E-state index in [9.17, 15) is 14.4 Å². The molecule has 0 N–H and O–H groups in total. The number of thiazole rings is 1.